The van der Waals surface area contributed by atoms with E-state index in [1.54, 1.807) is 7.11 Å². The van der Waals surface area contributed by atoms with Crippen LogP contribution >= 0.6 is 0 Å². The minimum Gasteiger partial charge on any atom is -0.481 e. The van der Waals surface area contributed by atoms with Crippen LogP contribution in [0, 0.1) is 0 Å². The van der Waals surface area contributed by atoms with E-state index in [4.69, 9.17) is 4.74 Å². The van der Waals surface area contributed by atoms with Crippen LogP contribution in [0.5, 0.6) is 5.88 Å². The van der Waals surface area contributed by atoms with Crippen LogP contribution in [0.15, 0.2) is 18.2 Å². The van der Waals surface area contributed by atoms with Gasteiger partial charge in [-0.05, 0) is 6.07 Å². The third-order valence-corrected chi connectivity index (χ3v) is 2.57. The number of rotatable bonds is 3. The molecule has 2 rings (SSSR count). The van der Waals surface area contributed by atoms with Crippen LogP contribution in [0.4, 0.5) is 0 Å². The summed E-state index contributed by atoms with van der Waals surface area (Å²) in [5.41, 5.74) is 1.08. The van der Waals surface area contributed by atoms with Crippen LogP contribution in [-0.2, 0) is 6.42 Å². The van der Waals surface area contributed by atoms with Crippen molar-refractivity contribution in [3.63, 3.8) is 0 Å². The summed E-state index contributed by atoms with van der Waals surface area (Å²) in [7, 11) is 1.65. The van der Waals surface area contributed by atoms with Crippen LogP contribution in [0.1, 0.15) is 5.69 Å². The number of ether oxygens (including phenoxy) is 1. The van der Waals surface area contributed by atoms with Crippen molar-refractivity contribution in [3.05, 3.63) is 23.9 Å². The lowest BCUT2D eigenvalue weighted by atomic mass is 10.1. The molecule has 4 nitrogen and oxygen atoms in total. The minimum atomic E-state index is 0.485. The summed E-state index contributed by atoms with van der Waals surface area (Å²) in [5.74, 6) is 0.691. The van der Waals surface area contributed by atoms with Gasteiger partial charge in [0.15, 0.2) is 0 Å². The largest absolute Gasteiger partial charge is 0.481 e. The third kappa shape index (κ3) is 2.91. The summed E-state index contributed by atoms with van der Waals surface area (Å²) >= 11 is 0. The van der Waals surface area contributed by atoms with Crippen molar-refractivity contribution in [2.45, 2.75) is 12.5 Å². The Balaban J connectivity index is 1.96. The Morgan fingerprint density at radius 3 is 3.13 bits per heavy atom. The van der Waals surface area contributed by atoms with Crippen molar-refractivity contribution in [3.8, 4) is 5.88 Å². The Morgan fingerprint density at radius 2 is 2.40 bits per heavy atom. The lowest BCUT2D eigenvalue weighted by Gasteiger charge is -2.24. The molecule has 4 heteroatoms. The number of aromatic nitrogens is 1. The van der Waals surface area contributed by atoms with Gasteiger partial charge in [-0.1, -0.05) is 6.07 Å². The Labute approximate surface area is 90.0 Å². The molecular weight excluding hydrogens is 190 g/mol. The predicted molar refractivity (Wildman–Crippen MR) is 59.2 cm³/mol. The first-order chi connectivity index (χ1) is 7.38. The molecule has 0 unspecified atom stereocenters. The number of hydrogen-bond donors (Lipinski definition) is 2. The van der Waals surface area contributed by atoms with Gasteiger partial charge in [0.1, 0.15) is 0 Å². The maximum atomic E-state index is 5.10. The highest BCUT2D eigenvalue weighted by Gasteiger charge is 2.13. The highest BCUT2D eigenvalue weighted by molar-refractivity contribution is 5.16. The third-order valence-electron chi connectivity index (χ3n) is 2.57. The van der Waals surface area contributed by atoms with Gasteiger partial charge in [0.25, 0.3) is 0 Å². The van der Waals surface area contributed by atoms with Crippen LogP contribution < -0.4 is 15.4 Å². The quantitative estimate of drug-likeness (QED) is 0.743. The Hall–Kier alpha value is -1.13. The molecule has 0 bridgehead atoms. The molecule has 1 aliphatic rings. The monoisotopic (exact) mass is 207 g/mol. The number of piperazine rings is 1. The first-order valence-electron chi connectivity index (χ1n) is 5.32. The molecule has 2 heterocycles. The maximum Gasteiger partial charge on any atom is 0.213 e. The Bertz CT molecular complexity index is 310. The molecule has 1 fully saturated rings. The minimum absolute atomic E-state index is 0.485. The molecule has 0 saturated carbocycles. The second-order valence-electron chi connectivity index (χ2n) is 3.73. The van der Waals surface area contributed by atoms with Crippen molar-refractivity contribution in [2.75, 3.05) is 26.7 Å². The van der Waals surface area contributed by atoms with E-state index in [9.17, 15) is 0 Å². The number of methoxy groups -OCH3 is 1. The molecule has 1 aromatic rings. The van der Waals surface area contributed by atoms with E-state index >= 15 is 0 Å². The fraction of sp³-hybridized carbons (Fsp3) is 0.545. The molecule has 2 N–H and O–H groups in total. The molecule has 1 saturated heterocycles. The standard InChI is InChI=1S/C11H17N3O/c1-15-11-4-2-3-9(14-11)7-10-8-12-5-6-13-10/h2-4,10,12-13H,5-8H2,1H3/t10-/m1/s1. The van der Waals surface area contributed by atoms with Gasteiger partial charge >= 0.3 is 0 Å². The van der Waals surface area contributed by atoms with Gasteiger partial charge < -0.3 is 15.4 Å². The first-order valence-corrected chi connectivity index (χ1v) is 5.32. The fourth-order valence-electron chi connectivity index (χ4n) is 1.79. The van der Waals surface area contributed by atoms with E-state index < -0.39 is 0 Å². The molecular formula is C11H17N3O. The van der Waals surface area contributed by atoms with E-state index in [0.29, 0.717) is 11.9 Å². The van der Waals surface area contributed by atoms with Crippen molar-refractivity contribution in [1.82, 2.24) is 15.6 Å². The molecule has 0 amide bonds. The van der Waals surface area contributed by atoms with Gasteiger partial charge in [-0.3, -0.25) is 0 Å². The summed E-state index contributed by atoms with van der Waals surface area (Å²) in [6.45, 7) is 3.11. The summed E-state index contributed by atoms with van der Waals surface area (Å²) in [5, 5.41) is 6.82. The highest BCUT2D eigenvalue weighted by Crippen LogP contribution is 2.08. The molecule has 1 aromatic heterocycles. The number of hydrogen-bond acceptors (Lipinski definition) is 4. The zero-order chi connectivity index (χ0) is 10.5. The average molecular weight is 207 g/mol. The normalized spacial score (nSPS) is 21.3. The first kappa shape index (κ1) is 10.4. The van der Waals surface area contributed by atoms with E-state index in [2.05, 4.69) is 15.6 Å². The van der Waals surface area contributed by atoms with Gasteiger partial charge in [-0.25, -0.2) is 4.98 Å². The summed E-state index contributed by atoms with van der Waals surface area (Å²) in [6.07, 6.45) is 0.949. The van der Waals surface area contributed by atoms with Crippen molar-refractivity contribution >= 4 is 0 Å². The van der Waals surface area contributed by atoms with Gasteiger partial charge in [0.05, 0.1) is 7.11 Å². The van der Waals surface area contributed by atoms with Crippen LogP contribution in [0.25, 0.3) is 0 Å². The zero-order valence-electron chi connectivity index (χ0n) is 8.99. The van der Waals surface area contributed by atoms with Crippen LogP contribution in [0.3, 0.4) is 0 Å². The van der Waals surface area contributed by atoms with Crippen molar-refractivity contribution < 1.29 is 4.74 Å². The summed E-state index contributed by atoms with van der Waals surface area (Å²) < 4.78 is 5.10. The smallest absolute Gasteiger partial charge is 0.213 e. The number of nitrogens with one attached hydrogen (secondary N) is 2. The summed E-state index contributed by atoms with van der Waals surface area (Å²) in [6, 6.07) is 6.38. The Morgan fingerprint density at radius 1 is 1.47 bits per heavy atom. The van der Waals surface area contributed by atoms with Crippen molar-refractivity contribution in [2.24, 2.45) is 0 Å². The Kier molecular flexibility index (Phi) is 3.53. The van der Waals surface area contributed by atoms with Gasteiger partial charge in [-0.15, -0.1) is 0 Å². The lowest BCUT2D eigenvalue weighted by molar-refractivity contribution is 0.389. The second-order valence-corrected chi connectivity index (χ2v) is 3.73. The van der Waals surface area contributed by atoms with E-state index in [-0.39, 0.29) is 0 Å². The molecule has 0 aliphatic carbocycles. The van der Waals surface area contributed by atoms with Gasteiger partial charge in [0, 0.05) is 43.9 Å². The molecule has 0 spiro atoms. The lowest BCUT2D eigenvalue weighted by Crippen LogP contribution is -2.49. The van der Waals surface area contributed by atoms with E-state index in [1.807, 2.05) is 18.2 Å². The number of nitrogens with zero attached hydrogens (tertiary/aromatic N) is 1. The molecule has 15 heavy (non-hydrogen) atoms. The van der Waals surface area contributed by atoms with E-state index in [1.165, 1.54) is 0 Å². The fourth-order valence-corrected chi connectivity index (χ4v) is 1.79. The molecule has 1 atom stereocenters. The number of pyridine rings is 1. The topological polar surface area (TPSA) is 46.2 Å². The van der Waals surface area contributed by atoms with Crippen LogP contribution in [-0.4, -0.2) is 37.8 Å². The van der Waals surface area contributed by atoms with Gasteiger partial charge in [0.2, 0.25) is 5.88 Å². The highest BCUT2D eigenvalue weighted by atomic mass is 16.5. The van der Waals surface area contributed by atoms with Crippen LogP contribution in [0.2, 0.25) is 0 Å². The SMILES string of the molecule is COc1cccc(C[C@@H]2CNCCN2)n1. The molecule has 1 aliphatic heterocycles. The van der Waals surface area contributed by atoms with E-state index in [0.717, 1.165) is 31.7 Å². The average Bonchev–Trinajstić information content (AvgIpc) is 2.31. The zero-order valence-corrected chi connectivity index (χ0v) is 8.99. The van der Waals surface area contributed by atoms with Crippen molar-refractivity contribution in [1.29, 1.82) is 0 Å². The second kappa shape index (κ2) is 5.09. The summed E-state index contributed by atoms with van der Waals surface area (Å²) in [4.78, 5) is 4.40. The molecule has 82 valence electrons. The molecule has 0 radical (unpaired) electrons. The molecule has 0 aromatic carbocycles. The predicted octanol–water partition coefficient (Wildman–Crippen LogP) is 0.194. The maximum absolute atomic E-state index is 5.10. The van der Waals surface area contributed by atoms with Gasteiger partial charge in [-0.2, -0.15) is 0 Å².